The second-order valence-corrected chi connectivity index (χ2v) is 7.74. The average molecular weight is 376 g/mol. The summed E-state index contributed by atoms with van der Waals surface area (Å²) in [4.78, 5) is 24.1. The van der Waals surface area contributed by atoms with E-state index in [1.54, 1.807) is 11.3 Å². The highest BCUT2D eigenvalue weighted by Gasteiger charge is 2.20. The smallest absolute Gasteiger partial charge is 0.268 e. The van der Waals surface area contributed by atoms with Gasteiger partial charge in [-0.3, -0.25) is 4.79 Å². The van der Waals surface area contributed by atoms with Crippen molar-refractivity contribution in [3.05, 3.63) is 71.3 Å². The van der Waals surface area contributed by atoms with Crippen LogP contribution in [0, 0.1) is 0 Å². The van der Waals surface area contributed by atoms with Crippen LogP contribution in [0.25, 0.3) is 31.0 Å². The van der Waals surface area contributed by atoms with Crippen LogP contribution in [0.3, 0.4) is 0 Å². The van der Waals surface area contributed by atoms with Crippen molar-refractivity contribution in [3.8, 4) is 10.6 Å². The summed E-state index contributed by atoms with van der Waals surface area (Å²) in [6.45, 7) is 0. The zero-order chi connectivity index (χ0) is 17.5. The minimum absolute atomic E-state index is 0.136. The van der Waals surface area contributed by atoms with Gasteiger partial charge in [0.1, 0.15) is 20.2 Å². The Hall–Kier alpha value is -3.03. The maximum Gasteiger partial charge on any atom is 0.268 e. The van der Waals surface area contributed by atoms with E-state index in [0.29, 0.717) is 10.2 Å². The molecule has 26 heavy (non-hydrogen) atoms. The highest BCUT2D eigenvalue weighted by atomic mass is 32.1. The molecule has 0 unspecified atom stereocenters. The molecule has 0 amide bonds. The molecule has 5 nitrogen and oxygen atoms in total. The summed E-state index contributed by atoms with van der Waals surface area (Å²) in [5.41, 5.74) is 3.32. The van der Waals surface area contributed by atoms with E-state index >= 15 is 0 Å². The molecule has 0 bridgehead atoms. The van der Waals surface area contributed by atoms with E-state index in [0.717, 1.165) is 31.5 Å². The summed E-state index contributed by atoms with van der Waals surface area (Å²) < 4.78 is 1.71. The van der Waals surface area contributed by atoms with Gasteiger partial charge in [0.05, 0.1) is 22.1 Å². The molecule has 0 fully saturated rings. The van der Waals surface area contributed by atoms with Crippen molar-refractivity contribution in [2.75, 3.05) is 5.32 Å². The van der Waals surface area contributed by atoms with Gasteiger partial charge in [-0.05, 0) is 24.3 Å². The van der Waals surface area contributed by atoms with E-state index in [1.165, 1.54) is 17.7 Å². The Labute approximate surface area is 156 Å². The summed E-state index contributed by atoms with van der Waals surface area (Å²) in [5.74, 6) is 0. The monoisotopic (exact) mass is 376 g/mol. The van der Waals surface area contributed by atoms with Crippen LogP contribution < -0.4 is 10.9 Å². The first kappa shape index (κ1) is 15.2. The highest BCUT2D eigenvalue weighted by Crippen LogP contribution is 2.44. The molecule has 0 atom stereocenters. The number of aromatic nitrogens is 3. The van der Waals surface area contributed by atoms with E-state index in [1.807, 2.05) is 48.5 Å². The van der Waals surface area contributed by atoms with Crippen LogP contribution in [0.1, 0.15) is 0 Å². The SMILES string of the molecule is O=c1[nH]cnc2c(-c3nc4ccccc4s3)c(Nc3ccccc3)sc12. The largest absolute Gasteiger partial charge is 0.347 e. The molecule has 2 aromatic carbocycles. The lowest BCUT2D eigenvalue weighted by Crippen LogP contribution is -2.03. The second-order valence-electron chi connectivity index (χ2n) is 5.69. The minimum atomic E-state index is -0.136. The number of thiazole rings is 1. The summed E-state index contributed by atoms with van der Waals surface area (Å²) >= 11 is 3.00. The Morgan fingerprint density at radius 3 is 2.62 bits per heavy atom. The van der Waals surface area contributed by atoms with Crippen molar-refractivity contribution in [2.45, 2.75) is 0 Å². The molecule has 3 aromatic heterocycles. The van der Waals surface area contributed by atoms with Crippen LogP contribution in [0.5, 0.6) is 0 Å². The van der Waals surface area contributed by atoms with E-state index in [4.69, 9.17) is 4.98 Å². The molecule has 2 N–H and O–H groups in total. The zero-order valence-corrected chi connectivity index (χ0v) is 15.0. The predicted octanol–water partition coefficient (Wildman–Crippen LogP) is 5.00. The van der Waals surface area contributed by atoms with Crippen LogP contribution in [0.15, 0.2) is 65.7 Å². The fourth-order valence-corrected chi connectivity index (χ4v) is 4.99. The van der Waals surface area contributed by atoms with E-state index in [9.17, 15) is 4.79 Å². The number of fused-ring (bicyclic) bond motifs is 2. The standard InChI is InChI=1S/C19H12N4OS2/c24-17-16-15(20-10-21-17)14(18(26-16)22-11-6-2-1-3-7-11)19-23-12-8-4-5-9-13(12)25-19/h1-10,22H,(H,20,21,24). The minimum Gasteiger partial charge on any atom is -0.347 e. The molecular formula is C19H12N4OS2. The molecule has 5 aromatic rings. The third kappa shape index (κ3) is 2.49. The first-order chi connectivity index (χ1) is 12.8. The maximum atomic E-state index is 12.3. The molecule has 7 heteroatoms. The van der Waals surface area contributed by atoms with Crippen LogP contribution in [-0.4, -0.2) is 15.0 Å². The molecule has 0 aliphatic heterocycles. The highest BCUT2D eigenvalue weighted by molar-refractivity contribution is 7.25. The maximum absolute atomic E-state index is 12.3. The quantitative estimate of drug-likeness (QED) is 0.465. The zero-order valence-electron chi connectivity index (χ0n) is 13.4. The summed E-state index contributed by atoms with van der Waals surface area (Å²) in [6.07, 6.45) is 1.44. The van der Waals surface area contributed by atoms with Crippen molar-refractivity contribution in [3.63, 3.8) is 0 Å². The number of thiophene rings is 1. The molecule has 0 radical (unpaired) electrons. The molecule has 0 saturated heterocycles. The van der Waals surface area contributed by atoms with Crippen LogP contribution in [0.4, 0.5) is 10.7 Å². The van der Waals surface area contributed by atoms with Gasteiger partial charge in [0.2, 0.25) is 0 Å². The molecule has 0 spiro atoms. The normalized spacial score (nSPS) is 11.2. The lowest BCUT2D eigenvalue weighted by atomic mass is 10.2. The van der Waals surface area contributed by atoms with Crippen molar-refractivity contribution in [1.29, 1.82) is 0 Å². The number of hydrogen-bond acceptors (Lipinski definition) is 6. The van der Waals surface area contributed by atoms with Gasteiger partial charge in [0, 0.05) is 5.69 Å². The fourth-order valence-electron chi connectivity index (χ4n) is 2.84. The Morgan fingerprint density at radius 1 is 0.962 bits per heavy atom. The number of rotatable bonds is 3. The number of aromatic amines is 1. The van der Waals surface area contributed by atoms with Gasteiger partial charge in [-0.15, -0.1) is 22.7 Å². The van der Waals surface area contributed by atoms with Gasteiger partial charge in [-0.1, -0.05) is 30.3 Å². The number of nitrogens with zero attached hydrogens (tertiary/aromatic N) is 2. The Bertz CT molecular complexity index is 1250. The van der Waals surface area contributed by atoms with Gasteiger partial charge >= 0.3 is 0 Å². The Morgan fingerprint density at radius 2 is 1.77 bits per heavy atom. The van der Waals surface area contributed by atoms with Crippen molar-refractivity contribution in [2.24, 2.45) is 0 Å². The van der Waals surface area contributed by atoms with Crippen molar-refractivity contribution >= 4 is 53.8 Å². The number of hydrogen-bond donors (Lipinski definition) is 2. The van der Waals surface area contributed by atoms with Crippen LogP contribution in [-0.2, 0) is 0 Å². The van der Waals surface area contributed by atoms with Gasteiger partial charge in [0.25, 0.3) is 5.56 Å². The molecule has 126 valence electrons. The van der Waals surface area contributed by atoms with Crippen molar-refractivity contribution < 1.29 is 0 Å². The van der Waals surface area contributed by atoms with E-state index in [2.05, 4.69) is 21.4 Å². The van der Waals surface area contributed by atoms with Crippen LogP contribution >= 0.6 is 22.7 Å². The summed E-state index contributed by atoms with van der Waals surface area (Å²) in [5, 5.41) is 5.15. The van der Waals surface area contributed by atoms with Crippen LogP contribution in [0.2, 0.25) is 0 Å². The molecule has 0 aliphatic carbocycles. The lowest BCUT2D eigenvalue weighted by Gasteiger charge is -2.05. The van der Waals surface area contributed by atoms with E-state index in [-0.39, 0.29) is 5.56 Å². The topological polar surface area (TPSA) is 70.7 Å². The first-order valence-corrected chi connectivity index (χ1v) is 9.61. The molecule has 5 rings (SSSR count). The number of nitrogens with one attached hydrogen (secondary N) is 2. The second kappa shape index (κ2) is 6.05. The van der Waals surface area contributed by atoms with Gasteiger partial charge in [0.15, 0.2) is 0 Å². The molecule has 0 aliphatic rings. The first-order valence-electron chi connectivity index (χ1n) is 7.98. The lowest BCUT2D eigenvalue weighted by molar-refractivity contribution is 1.18. The molecule has 0 saturated carbocycles. The van der Waals surface area contributed by atoms with Gasteiger partial charge < -0.3 is 10.3 Å². The molecular weight excluding hydrogens is 364 g/mol. The number of benzene rings is 2. The molecule has 3 heterocycles. The predicted molar refractivity (Wildman–Crippen MR) is 109 cm³/mol. The Balaban J connectivity index is 1.77. The summed E-state index contributed by atoms with van der Waals surface area (Å²) in [6, 6.07) is 17.9. The number of H-pyrrole nitrogens is 1. The van der Waals surface area contributed by atoms with Gasteiger partial charge in [-0.2, -0.15) is 0 Å². The summed E-state index contributed by atoms with van der Waals surface area (Å²) in [7, 11) is 0. The Kier molecular flexibility index (Phi) is 3.55. The number of anilines is 2. The fraction of sp³-hybridized carbons (Fsp3) is 0. The average Bonchev–Trinajstić information content (AvgIpc) is 3.24. The van der Waals surface area contributed by atoms with Gasteiger partial charge in [-0.25, -0.2) is 9.97 Å². The third-order valence-electron chi connectivity index (χ3n) is 4.02. The van der Waals surface area contributed by atoms with E-state index < -0.39 is 0 Å². The number of para-hydroxylation sites is 2. The van der Waals surface area contributed by atoms with Crippen molar-refractivity contribution in [1.82, 2.24) is 15.0 Å². The third-order valence-corrected chi connectivity index (χ3v) is 6.17.